The van der Waals surface area contributed by atoms with Crippen LogP contribution in [0.4, 0.5) is 4.79 Å². The van der Waals surface area contributed by atoms with Crippen molar-refractivity contribution < 1.29 is 9.53 Å². The third kappa shape index (κ3) is 6.48. The van der Waals surface area contributed by atoms with Gasteiger partial charge >= 0.3 is 6.09 Å². The van der Waals surface area contributed by atoms with Gasteiger partial charge in [-0.25, -0.2) is 4.79 Å². The van der Waals surface area contributed by atoms with Crippen LogP contribution < -0.4 is 5.32 Å². The lowest BCUT2D eigenvalue weighted by Gasteiger charge is -2.19. The molecule has 0 atom stereocenters. The van der Waals surface area contributed by atoms with Crippen LogP contribution in [0.5, 0.6) is 0 Å². The topological polar surface area (TPSA) is 41.6 Å². The summed E-state index contributed by atoms with van der Waals surface area (Å²) in [4.78, 5) is 13.7. The van der Waals surface area contributed by atoms with Crippen LogP contribution in [-0.4, -0.2) is 43.8 Å². The molecule has 1 fully saturated rings. The predicted molar refractivity (Wildman–Crippen MR) is 89.0 cm³/mol. The second kappa shape index (κ2) is 10.2. The van der Waals surface area contributed by atoms with Gasteiger partial charge in [-0.05, 0) is 37.8 Å². The van der Waals surface area contributed by atoms with E-state index in [9.17, 15) is 4.79 Å². The van der Waals surface area contributed by atoms with Crippen LogP contribution in [0.15, 0.2) is 30.3 Å². The zero-order chi connectivity index (χ0) is 15.5. The average molecular weight is 304 g/mol. The van der Waals surface area contributed by atoms with Gasteiger partial charge in [0.2, 0.25) is 0 Å². The molecule has 4 heteroatoms. The number of nitrogens with one attached hydrogen (secondary N) is 1. The van der Waals surface area contributed by atoms with Crippen molar-refractivity contribution in [2.24, 2.45) is 0 Å². The first-order valence-corrected chi connectivity index (χ1v) is 8.52. The van der Waals surface area contributed by atoms with Gasteiger partial charge < -0.3 is 15.0 Å². The van der Waals surface area contributed by atoms with Crippen molar-refractivity contribution in [2.75, 3.05) is 32.8 Å². The Balaban J connectivity index is 1.47. The van der Waals surface area contributed by atoms with Gasteiger partial charge in [0, 0.05) is 19.6 Å². The second-order valence-corrected chi connectivity index (χ2v) is 5.85. The zero-order valence-electron chi connectivity index (χ0n) is 13.4. The molecule has 0 saturated carbocycles. The normalized spacial score (nSPS) is 15.4. The summed E-state index contributed by atoms with van der Waals surface area (Å²) in [5.74, 6) is 0. The molecule has 4 nitrogen and oxygen atoms in total. The Kier molecular flexibility index (Phi) is 7.81. The van der Waals surface area contributed by atoms with E-state index in [1.165, 1.54) is 18.4 Å². The summed E-state index contributed by atoms with van der Waals surface area (Å²) in [7, 11) is 0. The first-order chi connectivity index (χ1) is 10.9. The summed E-state index contributed by atoms with van der Waals surface area (Å²) in [6, 6.07) is 10.6. The number of carbonyl (C=O) groups excluding carboxylic acids is 1. The minimum Gasteiger partial charge on any atom is -0.449 e. The minimum absolute atomic E-state index is 0.145. The maximum atomic E-state index is 11.9. The average Bonchev–Trinajstić information content (AvgIpc) is 2.84. The highest BCUT2D eigenvalue weighted by molar-refractivity contribution is 5.67. The largest absolute Gasteiger partial charge is 0.449 e. The Hall–Kier alpha value is -1.55. The van der Waals surface area contributed by atoms with E-state index in [0.29, 0.717) is 6.61 Å². The van der Waals surface area contributed by atoms with Crippen molar-refractivity contribution in [3.05, 3.63) is 35.9 Å². The number of carbonyl (C=O) groups is 1. The summed E-state index contributed by atoms with van der Waals surface area (Å²) < 4.78 is 5.36. The molecular formula is C18H28N2O2. The van der Waals surface area contributed by atoms with Crippen molar-refractivity contribution in [1.82, 2.24) is 10.2 Å². The van der Waals surface area contributed by atoms with Crippen LogP contribution in [0, 0.1) is 0 Å². The molecule has 122 valence electrons. The molecule has 1 amide bonds. The molecule has 1 aliphatic heterocycles. The van der Waals surface area contributed by atoms with E-state index in [4.69, 9.17) is 4.74 Å². The maximum absolute atomic E-state index is 11.9. The molecule has 0 unspecified atom stereocenters. The molecule has 0 radical (unpaired) electrons. The Morgan fingerprint density at radius 1 is 1.05 bits per heavy atom. The molecule has 0 aliphatic carbocycles. The first-order valence-electron chi connectivity index (χ1n) is 8.52. The molecule has 1 aromatic rings. The van der Waals surface area contributed by atoms with Gasteiger partial charge in [0.05, 0.1) is 6.61 Å². The van der Waals surface area contributed by atoms with E-state index >= 15 is 0 Å². The van der Waals surface area contributed by atoms with Crippen molar-refractivity contribution >= 4 is 6.09 Å². The fourth-order valence-corrected chi connectivity index (χ4v) is 2.71. The highest BCUT2D eigenvalue weighted by atomic mass is 16.6. The van der Waals surface area contributed by atoms with Gasteiger partial charge in [-0.15, -0.1) is 0 Å². The SMILES string of the molecule is O=C(OCCCCCCc1ccccc1)N1CCCNCC1. The van der Waals surface area contributed by atoms with Gasteiger partial charge in [0.15, 0.2) is 0 Å². The summed E-state index contributed by atoms with van der Waals surface area (Å²) >= 11 is 0. The molecule has 1 saturated heterocycles. The van der Waals surface area contributed by atoms with Gasteiger partial charge in [-0.3, -0.25) is 0 Å². The molecule has 22 heavy (non-hydrogen) atoms. The van der Waals surface area contributed by atoms with Crippen LogP contribution in [0.2, 0.25) is 0 Å². The van der Waals surface area contributed by atoms with Gasteiger partial charge in [-0.2, -0.15) is 0 Å². The highest BCUT2D eigenvalue weighted by Crippen LogP contribution is 2.08. The fourth-order valence-electron chi connectivity index (χ4n) is 2.71. The molecule has 1 aliphatic rings. The number of aryl methyl sites for hydroxylation is 1. The molecule has 1 aromatic carbocycles. The summed E-state index contributed by atoms with van der Waals surface area (Å²) in [5.41, 5.74) is 1.41. The number of rotatable bonds is 7. The number of benzene rings is 1. The lowest BCUT2D eigenvalue weighted by atomic mass is 10.1. The van der Waals surface area contributed by atoms with E-state index in [1.54, 1.807) is 0 Å². The Labute approximate surface area is 133 Å². The van der Waals surface area contributed by atoms with E-state index in [2.05, 4.69) is 35.6 Å². The van der Waals surface area contributed by atoms with Crippen LogP contribution in [0.1, 0.15) is 37.7 Å². The van der Waals surface area contributed by atoms with Crippen molar-refractivity contribution in [3.63, 3.8) is 0 Å². The van der Waals surface area contributed by atoms with E-state index in [-0.39, 0.29) is 6.09 Å². The van der Waals surface area contributed by atoms with Crippen molar-refractivity contribution in [2.45, 2.75) is 38.5 Å². The summed E-state index contributed by atoms with van der Waals surface area (Å²) in [6.45, 7) is 3.98. The van der Waals surface area contributed by atoms with Gasteiger partial charge in [0.1, 0.15) is 0 Å². The Bertz CT molecular complexity index is 414. The zero-order valence-corrected chi connectivity index (χ0v) is 13.4. The molecule has 1 N–H and O–H groups in total. The van der Waals surface area contributed by atoms with Crippen LogP contribution in [-0.2, 0) is 11.2 Å². The highest BCUT2D eigenvalue weighted by Gasteiger charge is 2.15. The standard InChI is InChI=1S/C18H28N2O2/c21-18(20-14-8-12-19-13-15-20)22-16-7-2-1-4-9-17-10-5-3-6-11-17/h3,5-6,10-11,19H,1-2,4,7-9,12-16H2. The lowest BCUT2D eigenvalue weighted by Crippen LogP contribution is -2.34. The number of ether oxygens (including phenoxy) is 1. The number of hydrogen-bond acceptors (Lipinski definition) is 3. The fraction of sp³-hybridized carbons (Fsp3) is 0.611. The van der Waals surface area contributed by atoms with Crippen molar-refractivity contribution in [1.29, 1.82) is 0 Å². The number of nitrogens with zero attached hydrogens (tertiary/aromatic N) is 1. The first kappa shape index (κ1) is 16.8. The van der Waals surface area contributed by atoms with Crippen LogP contribution >= 0.6 is 0 Å². The van der Waals surface area contributed by atoms with Gasteiger partial charge in [-0.1, -0.05) is 43.2 Å². The van der Waals surface area contributed by atoms with E-state index in [1.807, 2.05) is 4.90 Å². The molecule has 0 spiro atoms. The van der Waals surface area contributed by atoms with Crippen LogP contribution in [0.25, 0.3) is 0 Å². The molecule has 0 bridgehead atoms. The molecule has 1 heterocycles. The second-order valence-electron chi connectivity index (χ2n) is 5.85. The lowest BCUT2D eigenvalue weighted by molar-refractivity contribution is 0.103. The quantitative estimate of drug-likeness (QED) is 0.786. The number of hydrogen-bond donors (Lipinski definition) is 1. The number of unbranched alkanes of at least 4 members (excludes halogenated alkanes) is 3. The Morgan fingerprint density at radius 2 is 1.86 bits per heavy atom. The minimum atomic E-state index is -0.145. The monoisotopic (exact) mass is 304 g/mol. The van der Waals surface area contributed by atoms with Gasteiger partial charge in [0.25, 0.3) is 0 Å². The predicted octanol–water partition coefficient (Wildman–Crippen LogP) is 3.22. The van der Waals surface area contributed by atoms with Crippen LogP contribution in [0.3, 0.4) is 0 Å². The summed E-state index contributed by atoms with van der Waals surface area (Å²) in [5, 5.41) is 3.29. The molecular weight excluding hydrogens is 276 g/mol. The third-order valence-electron chi connectivity index (χ3n) is 4.03. The Morgan fingerprint density at radius 3 is 2.73 bits per heavy atom. The van der Waals surface area contributed by atoms with E-state index < -0.39 is 0 Å². The smallest absolute Gasteiger partial charge is 0.409 e. The van der Waals surface area contributed by atoms with Crippen molar-refractivity contribution in [3.8, 4) is 0 Å². The summed E-state index contributed by atoms with van der Waals surface area (Å²) in [6.07, 6.45) is 6.49. The third-order valence-corrected chi connectivity index (χ3v) is 4.03. The molecule has 0 aromatic heterocycles. The molecule has 2 rings (SSSR count). The maximum Gasteiger partial charge on any atom is 0.409 e. The number of amides is 1. The van der Waals surface area contributed by atoms with E-state index in [0.717, 1.165) is 51.9 Å².